The highest BCUT2D eigenvalue weighted by atomic mass is 16.5. The lowest BCUT2D eigenvalue weighted by Gasteiger charge is -2.26. The predicted molar refractivity (Wildman–Crippen MR) is 87.0 cm³/mol. The van der Waals surface area contributed by atoms with Crippen molar-refractivity contribution in [2.24, 2.45) is 0 Å². The molecule has 1 amide bonds. The van der Waals surface area contributed by atoms with Gasteiger partial charge in [0.05, 0.1) is 19.8 Å². The van der Waals surface area contributed by atoms with Gasteiger partial charge in [-0.25, -0.2) is 0 Å². The van der Waals surface area contributed by atoms with Crippen LogP contribution in [0.1, 0.15) is 11.1 Å². The standard InChI is InChI=1S/C17H25N3O3/c21-17(16-12-18-4-7-23-16)19-11-14-2-1-3-15(10-14)13-20-5-8-22-9-6-20/h1-3,10,16,18H,4-9,11-13H2,(H,19,21). The van der Waals surface area contributed by atoms with E-state index in [9.17, 15) is 4.79 Å². The first kappa shape index (κ1) is 16.4. The van der Waals surface area contributed by atoms with Crippen LogP contribution < -0.4 is 10.6 Å². The number of carbonyl (C=O) groups excluding carboxylic acids is 1. The number of rotatable bonds is 5. The smallest absolute Gasteiger partial charge is 0.250 e. The van der Waals surface area contributed by atoms with Crippen LogP contribution in [-0.4, -0.2) is 62.9 Å². The van der Waals surface area contributed by atoms with E-state index in [1.165, 1.54) is 5.56 Å². The van der Waals surface area contributed by atoms with E-state index in [0.717, 1.165) is 45.0 Å². The van der Waals surface area contributed by atoms with Crippen molar-refractivity contribution < 1.29 is 14.3 Å². The van der Waals surface area contributed by atoms with Crippen molar-refractivity contribution in [1.82, 2.24) is 15.5 Å². The molecule has 0 aromatic heterocycles. The summed E-state index contributed by atoms with van der Waals surface area (Å²) in [5.41, 5.74) is 2.39. The maximum atomic E-state index is 12.1. The second kappa shape index (κ2) is 8.40. The van der Waals surface area contributed by atoms with Crippen molar-refractivity contribution in [2.75, 3.05) is 46.0 Å². The van der Waals surface area contributed by atoms with E-state index in [-0.39, 0.29) is 12.0 Å². The summed E-state index contributed by atoms with van der Waals surface area (Å²) < 4.78 is 10.8. The summed E-state index contributed by atoms with van der Waals surface area (Å²) in [6.45, 7) is 7.04. The van der Waals surface area contributed by atoms with E-state index in [1.54, 1.807) is 0 Å². The number of benzene rings is 1. The Morgan fingerprint density at radius 3 is 2.87 bits per heavy atom. The Morgan fingerprint density at radius 1 is 1.26 bits per heavy atom. The van der Waals surface area contributed by atoms with Crippen molar-refractivity contribution >= 4 is 5.91 Å². The number of ether oxygens (including phenoxy) is 2. The van der Waals surface area contributed by atoms with Gasteiger partial charge in [-0.2, -0.15) is 0 Å². The molecule has 2 aliphatic heterocycles. The lowest BCUT2D eigenvalue weighted by atomic mass is 10.1. The molecule has 1 aromatic rings. The van der Waals surface area contributed by atoms with Gasteiger partial charge in [0.2, 0.25) is 0 Å². The highest BCUT2D eigenvalue weighted by molar-refractivity contribution is 5.81. The van der Waals surface area contributed by atoms with Crippen molar-refractivity contribution in [2.45, 2.75) is 19.2 Å². The van der Waals surface area contributed by atoms with Gasteiger partial charge in [0.15, 0.2) is 0 Å². The van der Waals surface area contributed by atoms with Crippen LogP contribution in [0.5, 0.6) is 0 Å². The summed E-state index contributed by atoms with van der Waals surface area (Å²) >= 11 is 0. The third-order valence-corrected chi connectivity index (χ3v) is 4.19. The molecule has 2 saturated heterocycles. The van der Waals surface area contributed by atoms with Gasteiger partial charge in [0.1, 0.15) is 6.10 Å². The fourth-order valence-corrected chi connectivity index (χ4v) is 2.89. The molecular weight excluding hydrogens is 294 g/mol. The average Bonchev–Trinajstić information content (AvgIpc) is 2.62. The van der Waals surface area contributed by atoms with Gasteiger partial charge in [-0.15, -0.1) is 0 Å². The lowest BCUT2D eigenvalue weighted by Crippen LogP contribution is -2.47. The minimum atomic E-state index is -0.375. The van der Waals surface area contributed by atoms with Gasteiger partial charge in [-0.1, -0.05) is 24.3 Å². The van der Waals surface area contributed by atoms with Crippen molar-refractivity contribution in [1.29, 1.82) is 0 Å². The molecule has 126 valence electrons. The maximum absolute atomic E-state index is 12.1. The van der Waals surface area contributed by atoms with E-state index >= 15 is 0 Å². The molecule has 1 atom stereocenters. The van der Waals surface area contributed by atoms with Gasteiger partial charge in [0, 0.05) is 39.3 Å². The van der Waals surface area contributed by atoms with Crippen LogP contribution in [0.25, 0.3) is 0 Å². The largest absolute Gasteiger partial charge is 0.379 e. The van der Waals surface area contributed by atoms with Crippen LogP contribution in [0, 0.1) is 0 Å². The van der Waals surface area contributed by atoms with Crippen LogP contribution in [0.15, 0.2) is 24.3 Å². The number of hydrogen-bond acceptors (Lipinski definition) is 5. The summed E-state index contributed by atoms with van der Waals surface area (Å²) in [6.07, 6.45) is -0.375. The normalized spacial score (nSPS) is 22.7. The summed E-state index contributed by atoms with van der Waals surface area (Å²) in [5.74, 6) is -0.0456. The molecule has 1 unspecified atom stereocenters. The molecule has 23 heavy (non-hydrogen) atoms. The Hall–Kier alpha value is -1.47. The third-order valence-electron chi connectivity index (χ3n) is 4.19. The summed E-state index contributed by atoms with van der Waals surface area (Å²) in [7, 11) is 0. The topological polar surface area (TPSA) is 62.8 Å². The first-order valence-corrected chi connectivity index (χ1v) is 8.29. The fraction of sp³-hybridized carbons (Fsp3) is 0.588. The lowest BCUT2D eigenvalue weighted by molar-refractivity contribution is -0.134. The Morgan fingerprint density at radius 2 is 2.09 bits per heavy atom. The summed E-state index contributed by atoms with van der Waals surface area (Å²) in [5, 5.41) is 6.13. The van der Waals surface area contributed by atoms with Gasteiger partial charge in [-0.3, -0.25) is 9.69 Å². The number of carbonyl (C=O) groups is 1. The molecule has 2 heterocycles. The Balaban J connectivity index is 1.49. The van der Waals surface area contributed by atoms with Gasteiger partial charge < -0.3 is 20.1 Å². The molecule has 0 spiro atoms. The molecular formula is C17H25N3O3. The van der Waals surface area contributed by atoms with E-state index in [4.69, 9.17) is 9.47 Å². The van der Waals surface area contributed by atoms with Crippen LogP contribution in [0.2, 0.25) is 0 Å². The van der Waals surface area contributed by atoms with E-state index in [2.05, 4.69) is 33.7 Å². The molecule has 2 aliphatic rings. The Labute approximate surface area is 137 Å². The summed E-state index contributed by atoms with van der Waals surface area (Å²) in [6, 6.07) is 8.39. The van der Waals surface area contributed by atoms with Crippen LogP contribution >= 0.6 is 0 Å². The first-order valence-electron chi connectivity index (χ1n) is 8.29. The third kappa shape index (κ3) is 5.00. The van der Waals surface area contributed by atoms with Crippen molar-refractivity contribution in [3.63, 3.8) is 0 Å². The van der Waals surface area contributed by atoms with E-state index in [0.29, 0.717) is 19.7 Å². The van der Waals surface area contributed by atoms with Gasteiger partial charge >= 0.3 is 0 Å². The van der Waals surface area contributed by atoms with E-state index in [1.807, 2.05) is 6.07 Å². The molecule has 0 saturated carbocycles. The molecule has 6 nitrogen and oxygen atoms in total. The quantitative estimate of drug-likeness (QED) is 0.807. The number of morpholine rings is 2. The zero-order valence-corrected chi connectivity index (χ0v) is 13.4. The number of nitrogens with zero attached hydrogens (tertiary/aromatic N) is 1. The SMILES string of the molecule is O=C(NCc1cccc(CN2CCOCC2)c1)C1CNCCO1. The van der Waals surface area contributed by atoms with Gasteiger partial charge in [0.25, 0.3) is 5.91 Å². The predicted octanol–water partition coefficient (Wildman–Crippen LogP) is 0.123. The van der Waals surface area contributed by atoms with Crippen LogP contribution in [0.4, 0.5) is 0 Å². The molecule has 3 rings (SSSR count). The molecule has 0 aliphatic carbocycles. The minimum Gasteiger partial charge on any atom is -0.379 e. The second-order valence-electron chi connectivity index (χ2n) is 5.99. The summed E-state index contributed by atoms with van der Waals surface area (Å²) in [4.78, 5) is 14.5. The second-order valence-corrected chi connectivity index (χ2v) is 5.99. The molecule has 0 bridgehead atoms. The van der Waals surface area contributed by atoms with Crippen LogP contribution in [-0.2, 0) is 27.4 Å². The van der Waals surface area contributed by atoms with Crippen molar-refractivity contribution in [3.8, 4) is 0 Å². The van der Waals surface area contributed by atoms with E-state index < -0.39 is 0 Å². The Kier molecular flexibility index (Phi) is 5.99. The molecule has 1 aromatic carbocycles. The monoisotopic (exact) mass is 319 g/mol. The first-order chi connectivity index (χ1) is 11.3. The minimum absolute atomic E-state index is 0.0456. The molecule has 2 fully saturated rings. The number of hydrogen-bond donors (Lipinski definition) is 2. The fourth-order valence-electron chi connectivity index (χ4n) is 2.89. The Bertz CT molecular complexity index is 512. The number of amides is 1. The number of nitrogens with one attached hydrogen (secondary N) is 2. The zero-order chi connectivity index (χ0) is 15.9. The maximum Gasteiger partial charge on any atom is 0.250 e. The van der Waals surface area contributed by atoms with Crippen molar-refractivity contribution in [3.05, 3.63) is 35.4 Å². The molecule has 0 radical (unpaired) electrons. The zero-order valence-electron chi connectivity index (χ0n) is 13.4. The molecule has 6 heteroatoms. The van der Waals surface area contributed by atoms with Crippen LogP contribution in [0.3, 0.4) is 0 Å². The highest BCUT2D eigenvalue weighted by Gasteiger charge is 2.21. The van der Waals surface area contributed by atoms with Gasteiger partial charge in [-0.05, 0) is 11.1 Å². The molecule has 2 N–H and O–H groups in total. The average molecular weight is 319 g/mol. The highest BCUT2D eigenvalue weighted by Crippen LogP contribution is 2.10.